The third-order valence-corrected chi connectivity index (χ3v) is 5.96. The van der Waals surface area contributed by atoms with Crippen LogP contribution in [0.2, 0.25) is 0 Å². The first kappa shape index (κ1) is 22.4. The van der Waals surface area contributed by atoms with E-state index in [1.165, 1.54) is 12.8 Å². The highest BCUT2D eigenvalue weighted by atomic mass is 16.3. The number of rotatable bonds is 10. The van der Waals surface area contributed by atoms with E-state index in [0.717, 1.165) is 36.9 Å². The first-order valence-electron chi connectivity index (χ1n) is 11.0. The predicted molar refractivity (Wildman–Crippen MR) is 114 cm³/mol. The number of carbonyl (C=O) groups is 1. The van der Waals surface area contributed by atoms with Crippen LogP contribution < -0.4 is 0 Å². The quantitative estimate of drug-likeness (QED) is 0.642. The minimum Gasteiger partial charge on any atom is -0.388 e. The molecule has 30 heavy (non-hydrogen) atoms. The summed E-state index contributed by atoms with van der Waals surface area (Å²) in [6.07, 6.45) is 3.56. The smallest absolute Gasteiger partial charge is 0.222 e. The standard InChI is InChI=1S/C22H34N6O2/c1-18-10-15-27(16-11-18)17-21-23-24-25-28(21)13-6-9-22(30)26(2)14-12-20(29)19-7-4-3-5-8-19/h3-5,7-8,18,20,29H,6,9-17H2,1-2H3/t20-/m0/s1. The van der Waals surface area contributed by atoms with Crippen molar-refractivity contribution < 1.29 is 9.90 Å². The maximum atomic E-state index is 12.4. The van der Waals surface area contributed by atoms with Crippen LogP contribution in [-0.4, -0.2) is 67.7 Å². The number of hydrogen-bond donors (Lipinski definition) is 1. The van der Waals surface area contributed by atoms with Crippen LogP contribution in [0.15, 0.2) is 30.3 Å². The van der Waals surface area contributed by atoms with Gasteiger partial charge in [0.25, 0.3) is 0 Å². The van der Waals surface area contributed by atoms with Crippen LogP contribution >= 0.6 is 0 Å². The summed E-state index contributed by atoms with van der Waals surface area (Å²) in [6.45, 7) is 6.41. The van der Waals surface area contributed by atoms with E-state index in [1.54, 1.807) is 11.9 Å². The number of benzene rings is 1. The van der Waals surface area contributed by atoms with Crippen molar-refractivity contribution >= 4 is 5.91 Å². The van der Waals surface area contributed by atoms with Crippen molar-refractivity contribution in [2.75, 3.05) is 26.7 Å². The van der Waals surface area contributed by atoms with Gasteiger partial charge in [-0.15, -0.1) is 5.10 Å². The fraction of sp³-hybridized carbons (Fsp3) is 0.636. The Balaban J connectivity index is 1.37. The summed E-state index contributed by atoms with van der Waals surface area (Å²) in [5.41, 5.74) is 0.882. The van der Waals surface area contributed by atoms with E-state index < -0.39 is 6.10 Å². The van der Waals surface area contributed by atoms with Gasteiger partial charge in [-0.25, -0.2) is 4.68 Å². The van der Waals surface area contributed by atoms with Gasteiger partial charge in [-0.2, -0.15) is 0 Å². The molecule has 0 radical (unpaired) electrons. The molecule has 1 atom stereocenters. The van der Waals surface area contributed by atoms with Gasteiger partial charge in [0.2, 0.25) is 5.91 Å². The zero-order valence-electron chi connectivity index (χ0n) is 18.2. The van der Waals surface area contributed by atoms with Crippen LogP contribution in [0.25, 0.3) is 0 Å². The van der Waals surface area contributed by atoms with Crippen LogP contribution in [0, 0.1) is 5.92 Å². The van der Waals surface area contributed by atoms with Crippen molar-refractivity contribution in [2.45, 2.75) is 58.2 Å². The Morgan fingerprint density at radius 2 is 2.00 bits per heavy atom. The second-order valence-electron chi connectivity index (χ2n) is 8.41. The highest BCUT2D eigenvalue weighted by Crippen LogP contribution is 2.18. The fourth-order valence-corrected chi connectivity index (χ4v) is 3.78. The van der Waals surface area contributed by atoms with Crippen LogP contribution in [0.5, 0.6) is 0 Å². The van der Waals surface area contributed by atoms with Crippen molar-refractivity contribution in [1.82, 2.24) is 30.0 Å². The molecule has 8 nitrogen and oxygen atoms in total. The molecule has 0 bridgehead atoms. The number of carbonyl (C=O) groups excluding carboxylic acids is 1. The van der Waals surface area contributed by atoms with Gasteiger partial charge in [0.1, 0.15) is 0 Å². The van der Waals surface area contributed by atoms with Gasteiger partial charge in [-0.1, -0.05) is 37.3 Å². The second-order valence-corrected chi connectivity index (χ2v) is 8.41. The van der Waals surface area contributed by atoms with Crippen molar-refractivity contribution in [1.29, 1.82) is 0 Å². The first-order chi connectivity index (χ1) is 14.5. The summed E-state index contributed by atoms with van der Waals surface area (Å²) in [5, 5.41) is 22.4. The minimum absolute atomic E-state index is 0.0786. The Bertz CT molecular complexity index is 773. The summed E-state index contributed by atoms with van der Waals surface area (Å²) in [4.78, 5) is 16.5. The molecule has 0 spiro atoms. The normalized spacial score (nSPS) is 16.5. The molecule has 1 saturated heterocycles. The van der Waals surface area contributed by atoms with Crippen LogP contribution in [0.3, 0.4) is 0 Å². The molecular formula is C22H34N6O2. The lowest BCUT2D eigenvalue weighted by Gasteiger charge is -2.29. The topological polar surface area (TPSA) is 87.4 Å². The van der Waals surface area contributed by atoms with Gasteiger partial charge in [-0.3, -0.25) is 9.69 Å². The van der Waals surface area contributed by atoms with Gasteiger partial charge in [-0.05, 0) is 60.7 Å². The summed E-state index contributed by atoms with van der Waals surface area (Å²) in [6, 6.07) is 9.55. The lowest BCUT2D eigenvalue weighted by molar-refractivity contribution is -0.130. The molecule has 1 fully saturated rings. The monoisotopic (exact) mass is 414 g/mol. The lowest BCUT2D eigenvalue weighted by atomic mass is 9.99. The van der Waals surface area contributed by atoms with E-state index in [2.05, 4.69) is 27.3 Å². The number of aromatic nitrogens is 4. The molecule has 1 aromatic carbocycles. The highest BCUT2D eigenvalue weighted by molar-refractivity contribution is 5.75. The number of hydrogen-bond acceptors (Lipinski definition) is 6. The molecular weight excluding hydrogens is 380 g/mol. The van der Waals surface area contributed by atoms with E-state index in [-0.39, 0.29) is 5.91 Å². The largest absolute Gasteiger partial charge is 0.388 e. The maximum absolute atomic E-state index is 12.4. The molecule has 1 aromatic heterocycles. The van der Waals surface area contributed by atoms with Crippen LogP contribution in [0.1, 0.15) is 56.5 Å². The van der Waals surface area contributed by atoms with E-state index in [0.29, 0.717) is 32.4 Å². The van der Waals surface area contributed by atoms with Crippen molar-refractivity contribution in [3.8, 4) is 0 Å². The van der Waals surface area contributed by atoms with Crippen LogP contribution in [-0.2, 0) is 17.9 Å². The molecule has 1 N–H and O–H groups in total. The number of piperidine rings is 1. The number of nitrogens with zero attached hydrogens (tertiary/aromatic N) is 6. The molecule has 1 amide bonds. The molecule has 1 aliphatic heterocycles. The van der Waals surface area contributed by atoms with Crippen molar-refractivity contribution in [2.24, 2.45) is 5.92 Å². The van der Waals surface area contributed by atoms with Gasteiger partial charge < -0.3 is 10.0 Å². The average Bonchev–Trinajstić information content (AvgIpc) is 3.20. The molecule has 8 heteroatoms. The number of amides is 1. The average molecular weight is 415 g/mol. The van der Waals surface area contributed by atoms with Crippen molar-refractivity contribution in [3.05, 3.63) is 41.7 Å². The molecule has 0 saturated carbocycles. The summed E-state index contributed by atoms with van der Waals surface area (Å²) in [7, 11) is 1.79. The lowest BCUT2D eigenvalue weighted by Crippen LogP contribution is -2.33. The van der Waals surface area contributed by atoms with Crippen LogP contribution in [0.4, 0.5) is 0 Å². The molecule has 2 heterocycles. The number of aliphatic hydroxyl groups is 1. The summed E-state index contributed by atoms with van der Waals surface area (Å²) >= 11 is 0. The fourth-order valence-electron chi connectivity index (χ4n) is 3.78. The Morgan fingerprint density at radius 3 is 2.73 bits per heavy atom. The van der Waals surface area contributed by atoms with E-state index in [9.17, 15) is 9.90 Å². The third-order valence-electron chi connectivity index (χ3n) is 5.96. The third kappa shape index (κ3) is 6.60. The molecule has 1 aliphatic rings. The van der Waals surface area contributed by atoms with E-state index in [4.69, 9.17) is 0 Å². The molecule has 0 aliphatic carbocycles. The van der Waals surface area contributed by atoms with Gasteiger partial charge in [0, 0.05) is 26.6 Å². The Morgan fingerprint density at radius 1 is 1.27 bits per heavy atom. The van der Waals surface area contributed by atoms with E-state index in [1.807, 2.05) is 35.0 Å². The zero-order chi connectivity index (χ0) is 21.3. The Hall–Kier alpha value is -2.32. The minimum atomic E-state index is -0.553. The van der Waals surface area contributed by atoms with E-state index >= 15 is 0 Å². The molecule has 164 valence electrons. The molecule has 0 unspecified atom stereocenters. The second kappa shape index (κ2) is 11.2. The number of likely N-dealkylation sites (tertiary alicyclic amines) is 1. The summed E-state index contributed by atoms with van der Waals surface area (Å²) in [5.74, 6) is 1.75. The SMILES string of the molecule is CC1CCN(Cc2nnnn2CCCC(=O)N(C)CC[C@H](O)c2ccccc2)CC1. The highest BCUT2D eigenvalue weighted by Gasteiger charge is 2.19. The maximum Gasteiger partial charge on any atom is 0.222 e. The molecule has 3 rings (SSSR count). The Labute approximate surface area is 178 Å². The molecule has 2 aromatic rings. The number of aryl methyl sites for hydroxylation is 1. The summed E-state index contributed by atoms with van der Waals surface area (Å²) < 4.78 is 1.82. The Kier molecular flexibility index (Phi) is 8.33. The predicted octanol–water partition coefficient (Wildman–Crippen LogP) is 2.27. The number of aliphatic hydroxyl groups excluding tert-OH is 1. The zero-order valence-corrected chi connectivity index (χ0v) is 18.2. The van der Waals surface area contributed by atoms with Gasteiger partial charge >= 0.3 is 0 Å². The van der Waals surface area contributed by atoms with Gasteiger partial charge in [0.05, 0.1) is 12.6 Å². The van der Waals surface area contributed by atoms with Crippen molar-refractivity contribution in [3.63, 3.8) is 0 Å². The van der Waals surface area contributed by atoms with Gasteiger partial charge in [0.15, 0.2) is 5.82 Å². The first-order valence-corrected chi connectivity index (χ1v) is 11.0. The number of tetrazole rings is 1.